The number of hydrogen-bond donors (Lipinski definition) is 0. The first kappa shape index (κ1) is 26.6. The monoisotopic (exact) mass is 520 g/mol. The van der Waals surface area contributed by atoms with Gasteiger partial charge in [0.2, 0.25) is 5.91 Å². The Morgan fingerprint density at radius 2 is 1.78 bits per heavy atom. The molecular formula is C29H32N2O5S. The van der Waals surface area contributed by atoms with E-state index in [9.17, 15) is 9.59 Å². The van der Waals surface area contributed by atoms with Gasteiger partial charge in [0.15, 0.2) is 0 Å². The first-order valence-corrected chi connectivity index (χ1v) is 13.1. The van der Waals surface area contributed by atoms with Gasteiger partial charge >= 0.3 is 5.97 Å². The molecule has 0 bridgehead atoms. The summed E-state index contributed by atoms with van der Waals surface area (Å²) < 4.78 is 17.0. The minimum Gasteiger partial charge on any atom is -0.497 e. The van der Waals surface area contributed by atoms with Crippen molar-refractivity contribution in [2.24, 2.45) is 0 Å². The highest BCUT2D eigenvalue weighted by atomic mass is 32.2. The standard InChI is InChI=1S/C29H32N2O5S/c1-21(32)31-25-12-7-8-13-27(25)37-29(31)24-18-23(34-3)14-15-26(24)35-17-9-16-30(2)19-28(33)36-20-22-10-5-4-6-11-22/h4-8,10-15,18,29H,9,16-17,19-20H2,1-3H3. The van der Waals surface area contributed by atoms with Crippen LogP contribution >= 0.6 is 11.8 Å². The molecule has 1 atom stereocenters. The molecule has 1 heterocycles. The maximum Gasteiger partial charge on any atom is 0.320 e. The van der Waals surface area contributed by atoms with Crippen LogP contribution in [0.25, 0.3) is 0 Å². The summed E-state index contributed by atoms with van der Waals surface area (Å²) in [5, 5.41) is -0.248. The fraction of sp³-hybridized carbons (Fsp3) is 0.310. The average Bonchev–Trinajstić information content (AvgIpc) is 3.30. The lowest BCUT2D eigenvalue weighted by Crippen LogP contribution is -2.29. The van der Waals surface area contributed by atoms with Crippen molar-refractivity contribution in [3.05, 3.63) is 83.9 Å². The molecule has 3 aromatic rings. The Labute approximate surface area is 222 Å². The highest BCUT2D eigenvalue weighted by Gasteiger charge is 2.35. The highest BCUT2D eigenvalue weighted by Crippen LogP contribution is 2.53. The second kappa shape index (κ2) is 12.7. The fourth-order valence-electron chi connectivity index (χ4n) is 4.17. The summed E-state index contributed by atoms with van der Waals surface area (Å²) in [5.74, 6) is 1.13. The molecule has 0 saturated heterocycles. The molecule has 0 aromatic heterocycles. The molecule has 3 aromatic carbocycles. The van der Waals surface area contributed by atoms with Gasteiger partial charge in [-0.25, -0.2) is 0 Å². The Morgan fingerprint density at radius 3 is 2.54 bits per heavy atom. The van der Waals surface area contributed by atoms with E-state index in [4.69, 9.17) is 14.2 Å². The third kappa shape index (κ3) is 6.84. The molecule has 0 fully saturated rings. The zero-order chi connectivity index (χ0) is 26.2. The number of likely N-dealkylation sites (N-methyl/N-ethyl adjacent to an activating group) is 1. The van der Waals surface area contributed by atoms with Crippen LogP contribution in [0, 0.1) is 0 Å². The van der Waals surface area contributed by atoms with Crippen molar-refractivity contribution in [3.8, 4) is 11.5 Å². The van der Waals surface area contributed by atoms with Crippen LogP contribution in [0.4, 0.5) is 5.69 Å². The molecule has 4 rings (SSSR count). The van der Waals surface area contributed by atoms with Gasteiger partial charge in [0, 0.05) is 23.9 Å². The minimum atomic E-state index is -0.258. The summed E-state index contributed by atoms with van der Waals surface area (Å²) in [6.45, 7) is 3.21. The molecule has 8 heteroatoms. The van der Waals surface area contributed by atoms with Crippen molar-refractivity contribution in [1.82, 2.24) is 4.90 Å². The molecule has 37 heavy (non-hydrogen) atoms. The van der Waals surface area contributed by atoms with Crippen LogP contribution in [-0.2, 0) is 20.9 Å². The SMILES string of the molecule is COc1ccc(OCCCN(C)CC(=O)OCc2ccccc2)c(C2Sc3ccccc3N2C(C)=O)c1. The second-order valence-corrected chi connectivity index (χ2v) is 9.94. The number of esters is 1. The molecule has 0 radical (unpaired) electrons. The van der Waals surface area contributed by atoms with Gasteiger partial charge in [-0.15, -0.1) is 0 Å². The fourth-order valence-corrected chi connectivity index (χ4v) is 5.53. The number of thioether (sulfide) groups is 1. The molecule has 0 spiro atoms. The largest absolute Gasteiger partial charge is 0.497 e. The number of para-hydroxylation sites is 1. The molecule has 0 saturated carbocycles. The lowest BCUT2D eigenvalue weighted by Gasteiger charge is -2.26. The van der Waals surface area contributed by atoms with Crippen LogP contribution in [0.5, 0.6) is 11.5 Å². The number of carbonyl (C=O) groups is 2. The van der Waals surface area contributed by atoms with E-state index < -0.39 is 0 Å². The number of rotatable bonds is 11. The predicted molar refractivity (Wildman–Crippen MR) is 145 cm³/mol. The number of ether oxygens (including phenoxy) is 3. The quantitative estimate of drug-likeness (QED) is 0.251. The minimum absolute atomic E-state index is 0.0306. The second-order valence-electron chi connectivity index (χ2n) is 8.82. The molecule has 1 aliphatic heterocycles. The summed E-state index contributed by atoms with van der Waals surface area (Å²) in [4.78, 5) is 29.6. The van der Waals surface area contributed by atoms with Gasteiger partial charge < -0.3 is 14.2 Å². The van der Waals surface area contributed by atoms with E-state index in [0.29, 0.717) is 24.7 Å². The third-order valence-corrected chi connectivity index (χ3v) is 7.29. The summed E-state index contributed by atoms with van der Waals surface area (Å²) >= 11 is 1.62. The van der Waals surface area contributed by atoms with Gasteiger partial charge in [0.25, 0.3) is 0 Å². The molecule has 1 aliphatic rings. The molecule has 0 aliphatic carbocycles. The summed E-state index contributed by atoms with van der Waals surface area (Å²) in [5.41, 5.74) is 2.75. The van der Waals surface area contributed by atoms with Crippen molar-refractivity contribution < 1.29 is 23.8 Å². The van der Waals surface area contributed by atoms with E-state index in [1.165, 1.54) is 0 Å². The Hall–Kier alpha value is -3.49. The van der Waals surface area contributed by atoms with Crippen molar-refractivity contribution in [2.75, 3.05) is 38.8 Å². The van der Waals surface area contributed by atoms with E-state index in [-0.39, 0.29) is 30.4 Å². The van der Waals surface area contributed by atoms with E-state index in [1.54, 1.807) is 30.7 Å². The number of benzene rings is 3. The molecule has 7 nitrogen and oxygen atoms in total. The van der Waals surface area contributed by atoms with Gasteiger partial charge in [0.1, 0.15) is 23.5 Å². The molecule has 194 valence electrons. The highest BCUT2D eigenvalue weighted by molar-refractivity contribution is 8.00. The Morgan fingerprint density at radius 1 is 1.03 bits per heavy atom. The first-order chi connectivity index (χ1) is 18.0. The summed E-state index contributed by atoms with van der Waals surface area (Å²) in [6, 6.07) is 23.2. The van der Waals surface area contributed by atoms with Crippen LogP contribution in [0.2, 0.25) is 0 Å². The molecular weight excluding hydrogens is 488 g/mol. The zero-order valence-corrected chi connectivity index (χ0v) is 22.2. The number of hydrogen-bond acceptors (Lipinski definition) is 7. The topological polar surface area (TPSA) is 68.3 Å². The first-order valence-electron chi connectivity index (χ1n) is 12.2. The van der Waals surface area contributed by atoms with Crippen molar-refractivity contribution in [1.29, 1.82) is 0 Å². The number of carbonyl (C=O) groups excluding carboxylic acids is 2. The van der Waals surface area contributed by atoms with Crippen molar-refractivity contribution in [3.63, 3.8) is 0 Å². The number of nitrogens with zero attached hydrogens (tertiary/aromatic N) is 2. The van der Waals surface area contributed by atoms with Gasteiger partial charge in [0.05, 0.1) is 25.9 Å². The van der Waals surface area contributed by atoms with Gasteiger partial charge in [-0.05, 0) is 49.4 Å². The van der Waals surface area contributed by atoms with Crippen LogP contribution in [0.15, 0.2) is 77.7 Å². The number of amides is 1. The maximum atomic E-state index is 12.6. The summed E-state index contributed by atoms with van der Waals surface area (Å²) in [7, 11) is 3.51. The van der Waals surface area contributed by atoms with E-state index in [1.807, 2.05) is 84.7 Å². The van der Waals surface area contributed by atoms with E-state index in [2.05, 4.69) is 0 Å². The summed E-state index contributed by atoms with van der Waals surface area (Å²) in [6.07, 6.45) is 0.725. The van der Waals surface area contributed by atoms with E-state index in [0.717, 1.165) is 28.1 Å². The Kier molecular flexibility index (Phi) is 9.09. The molecule has 1 unspecified atom stereocenters. The van der Waals surface area contributed by atoms with Crippen LogP contribution in [-0.4, -0.2) is 50.6 Å². The van der Waals surface area contributed by atoms with Crippen LogP contribution in [0.1, 0.15) is 29.8 Å². The lowest BCUT2D eigenvalue weighted by molar-refractivity contribution is -0.146. The normalized spacial score (nSPS) is 14.4. The number of methoxy groups -OCH3 is 1. The van der Waals surface area contributed by atoms with E-state index >= 15 is 0 Å². The van der Waals surface area contributed by atoms with Gasteiger partial charge in [-0.3, -0.25) is 19.4 Å². The number of anilines is 1. The average molecular weight is 521 g/mol. The maximum absolute atomic E-state index is 12.6. The van der Waals surface area contributed by atoms with Crippen LogP contribution in [0.3, 0.4) is 0 Å². The number of fused-ring (bicyclic) bond motifs is 1. The smallest absolute Gasteiger partial charge is 0.320 e. The molecule has 0 N–H and O–H groups in total. The Balaban J connectivity index is 1.33. The third-order valence-electron chi connectivity index (χ3n) is 6.00. The predicted octanol–water partition coefficient (Wildman–Crippen LogP) is 5.30. The Bertz CT molecular complexity index is 1220. The van der Waals surface area contributed by atoms with Gasteiger partial charge in [-0.1, -0.05) is 54.2 Å². The molecule has 1 amide bonds. The van der Waals surface area contributed by atoms with Crippen molar-refractivity contribution >= 4 is 29.3 Å². The lowest BCUT2D eigenvalue weighted by atomic mass is 10.1. The van der Waals surface area contributed by atoms with Crippen molar-refractivity contribution in [2.45, 2.75) is 30.2 Å². The van der Waals surface area contributed by atoms with Gasteiger partial charge in [-0.2, -0.15) is 0 Å². The van der Waals surface area contributed by atoms with Crippen LogP contribution < -0.4 is 14.4 Å². The zero-order valence-electron chi connectivity index (χ0n) is 21.4.